The molecule has 0 spiro atoms. The molecule has 0 saturated heterocycles. The van der Waals surface area contributed by atoms with Gasteiger partial charge in [-0.3, -0.25) is 0 Å². The minimum absolute atomic E-state index is 0.120. The maximum atomic E-state index is 5.91. The Kier molecular flexibility index (Phi) is 6.32. The summed E-state index contributed by atoms with van der Waals surface area (Å²) in [6, 6.07) is 8.37. The van der Waals surface area contributed by atoms with Gasteiger partial charge in [-0.15, -0.1) is 0 Å². The number of ether oxygens (including phenoxy) is 2. The first-order valence-electron chi connectivity index (χ1n) is 6.97. The van der Waals surface area contributed by atoms with Crippen LogP contribution in [0.4, 0.5) is 0 Å². The third-order valence-corrected chi connectivity index (χ3v) is 2.82. The zero-order valence-corrected chi connectivity index (χ0v) is 12.8. The topological polar surface area (TPSA) is 30.5 Å². The van der Waals surface area contributed by atoms with E-state index in [-0.39, 0.29) is 11.6 Å². The fraction of sp³-hybridized carbons (Fsp3) is 0.625. The summed E-state index contributed by atoms with van der Waals surface area (Å²) in [4.78, 5) is 0. The molecule has 0 fully saturated rings. The highest BCUT2D eigenvalue weighted by atomic mass is 16.5. The lowest BCUT2D eigenvalue weighted by atomic mass is 10.1. The van der Waals surface area contributed by atoms with Gasteiger partial charge in [0.15, 0.2) is 0 Å². The summed E-state index contributed by atoms with van der Waals surface area (Å²) >= 11 is 0. The van der Waals surface area contributed by atoms with E-state index in [1.54, 1.807) is 7.11 Å². The number of hydrogen-bond acceptors (Lipinski definition) is 3. The molecular weight excluding hydrogens is 238 g/mol. The van der Waals surface area contributed by atoms with Gasteiger partial charge in [0.1, 0.15) is 5.75 Å². The summed E-state index contributed by atoms with van der Waals surface area (Å²) in [7, 11) is 1.69. The third kappa shape index (κ3) is 6.08. The van der Waals surface area contributed by atoms with E-state index in [1.807, 2.05) is 12.1 Å². The van der Waals surface area contributed by atoms with Crippen molar-refractivity contribution in [1.82, 2.24) is 5.32 Å². The first-order chi connectivity index (χ1) is 8.96. The van der Waals surface area contributed by atoms with Gasteiger partial charge in [0, 0.05) is 0 Å². The van der Waals surface area contributed by atoms with Crippen LogP contribution in [0, 0.1) is 0 Å². The zero-order valence-electron chi connectivity index (χ0n) is 12.8. The van der Waals surface area contributed by atoms with Crippen LogP contribution in [-0.2, 0) is 4.74 Å². The Morgan fingerprint density at radius 2 is 2.00 bits per heavy atom. The second-order valence-electron chi connectivity index (χ2n) is 5.71. The van der Waals surface area contributed by atoms with E-state index in [1.165, 1.54) is 5.56 Å². The minimum Gasteiger partial charge on any atom is -0.497 e. The predicted molar refractivity (Wildman–Crippen MR) is 79.7 cm³/mol. The van der Waals surface area contributed by atoms with Crippen LogP contribution in [0.2, 0.25) is 0 Å². The molecule has 19 heavy (non-hydrogen) atoms. The number of benzene rings is 1. The molecule has 3 nitrogen and oxygen atoms in total. The van der Waals surface area contributed by atoms with E-state index in [2.05, 4.69) is 45.1 Å². The monoisotopic (exact) mass is 265 g/mol. The van der Waals surface area contributed by atoms with Crippen LogP contribution in [-0.4, -0.2) is 25.9 Å². The van der Waals surface area contributed by atoms with Crippen LogP contribution in [0.5, 0.6) is 5.75 Å². The highest BCUT2D eigenvalue weighted by molar-refractivity contribution is 5.30. The first-order valence-corrected chi connectivity index (χ1v) is 6.97. The van der Waals surface area contributed by atoms with Gasteiger partial charge in [0.25, 0.3) is 0 Å². The molecule has 0 amide bonds. The van der Waals surface area contributed by atoms with Gasteiger partial charge >= 0.3 is 0 Å². The molecule has 0 radical (unpaired) electrons. The fourth-order valence-electron chi connectivity index (χ4n) is 1.78. The van der Waals surface area contributed by atoms with E-state index in [4.69, 9.17) is 9.47 Å². The Morgan fingerprint density at radius 3 is 2.58 bits per heavy atom. The zero-order chi connectivity index (χ0) is 14.3. The Balaban J connectivity index is 2.76. The molecule has 1 unspecified atom stereocenters. The molecule has 1 atom stereocenters. The lowest BCUT2D eigenvalue weighted by Gasteiger charge is -2.25. The highest BCUT2D eigenvalue weighted by Crippen LogP contribution is 2.21. The predicted octanol–water partition coefficient (Wildman–Crippen LogP) is 3.55. The number of methoxy groups -OCH3 is 1. The number of nitrogens with one attached hydrogen (secondary N) is 1. The van der Waals surface area contributed by atoms with Gasteiger partial charge < -0.3 is 14.8 Å². The summed E-state index contributed by atoms with van der Waals surface area (Å²) in [5, 5.41) is 3.53. The van der Waals surface area contributed by atoms with Crippen LogP contribution < -0.4 is 10.1 Å². The second-order valence-corrected chi connectivity index (χ2v) is 5.71. The van der Waals surface area contributed by atoms with Gasteiger partial charge in [-0.05, 0) is 51.4 Å². The molecule has 0 bridgehead atoms. The Labute approximate surface area is 117 Å². The molecule has 1 aromatic carbocycles. The fourth-order valence-corrected chi connectivity index (χ4v) is 1.78. The summed E-state index contributed by atoms with van der Waals surface area (Å²) in [5.41, 5.74) is 1.09. The smallest absolute Gasteiger partial charge is 0.119 e. The van der Waals surface area contributed by atoms with Crippen LogP contribution in [0.15, 0.2) is 24.3 Å². The summed E-state index contributed by atoms with van der Waals surface area (Å²) in [6.45, 7) is 10.0. The molecule has 1 N–H and O–H groups in total. The van der Waals surface area contributed by atoms with Crippen molar-refractivity contribution >= 4 is 0 Å². The molecule has 0 saturated carbocycles. The van der Waals surface area contributed by atoms with Gasteiger partial charge in [-0.25, -0.2) is 0 Å². The molecule has 1 aromatic rings. The maximum absolute atomic E-state index is 5.91. The van der Waals surface area contributed by atoms with E-state index in [0.717, 1.165) is 18.7 Å². The van der Waals surface area contributed by atoms with Crippen LogP contribution in [0.1, 0.15) is 45.7 Å². The minimum atomic E-state index is -0.120. The van der Waals surface area contributed by atoms with Crippen molar-refractivity contribution in [3.05, 3.63) is 29.8 Å². The van der Waals surface area contributed by atoms with Crippen molar-refractivity contribution < 1.29 is 9.47 Å². The molecule has 0 aliphatic heterocycles. The Bertz CT molecular complexity index is 371. The van der Waals surface area contributed by atoms with Crippen molar-refractivity contribution in [2.75, 3.05) is 20.3 Å². The second kappa shape index (κ2) is 7.51. The van der Waals surface area contributed by atoms with Gasteiger partial charge in [0.05, 0.1) is 25.4 Å². The molecule has 0 aliphatic carbocycles. The van der Waals surface area contributed by atoms with Crippen LogP contribution in [0.25, 0.3) is 0 Å². The molecule has 3 heteroatoms. The van der Waals surface area contributed by atoms with Crippen molar-refractivity contribution in [3.8, 4) is 5.75 Å². The van der Waals surface area contributed by atoms with Crippen molar-refractivity contribution in [3.63, 3.8) is 0 Å². The average molecular weight is 265 g/mol. The van der Waals surface area contributed by atoms with Gasteiger partial charge in [-0.1, -0.05) is 19.1 Å². The van der Waals surface area contributed by atoms with E-state index < -0.39 is 0 Å². The lowest BCUT2D eigenvalue weighted by molar-refractivity contribution is -0.0147. The normalized spacial score (nSPS) is 13.3. The van der Waals surface area contributed by atoms with Crippen molar-refractivity contribution in [2.24, 2.45) is 0 Å². The quantitative estimate of drug-likeness (QED) is 0.818. The Morgan fingerprint density at radius 1 is 1.26 bits per heavy atom. The van der Waals surface area contributed by atoms with E-state index in [0.29, 0.717) is 6.61 Å². The molecule has 0 heterocycles. The summed E-state index contributed by atoms with van der Waals surface area (Å²) in [6.07, 6.45) is 1.11. The van der Waals surface area contributed by atoms with Gasteiger partial charge in [0.2, 0.25) is 0 Å². The average Bonchev–Trinajstić information content (AvgIpc) is 2.38. The van der Waals surface area contributed by atoms with Crippen molar-refractivity contribution in [1.29, 1.82) is 0 Å². The summed E-state index contributed by atoms with van der Waals surface area (Å²) < 4.78 is 11.2. The van der Waals surface area contributed by atoms with Gasteiger partial charge in [-0.2, -0.15) is 0 Å². The molecule has 1 rings (SSSR count). The molecule has 0 aliphatic rings. The summed E-state index contributed by atoms with van der Waals surface area (Å²) in [5.74, 6) is 0.886. The molecular formula is C16H27NO2. The largest absolute Gasteiger partial charge is 0.497 e. The Hall–Kier alpha value is -1.06. The highest BCUT2D eigenvalue weighted by Gasteiger charge is 2.16. The molecule has 0 aromatic heterocycles. The SMILES string of the molecule is CCCNC(COC(C)(C)C)c1cccc(OC)c1. The van der Waals surface area contributed by atoms with E-state index >= 15 is 0 Å². The maximum Gasteiger partial charge on any atom is 0.119 e. The number of hydrogen-bond donors (Lipinski definition) is 1. The molecule has 108 valence electrons. The standard InChI is InChI=1S/C16H27NO2/c1-6-10-17-15(12-19-16(2,3)4)13-8-7-9-14(11-13)18-5/h7-9,11,15,17H,6,10,12H2,1-5H3. The van der Waals surface area contributed by atoms with Crippen LogP contribution >= 0.6 is 0 Å². The van der Waals surface area contributed by atoms with E-state index in [9.17, 15) is 0 Å². The lowest BCUT2D eigenvalue weighted by Crippen LogP contribution is -2.30. The third-order valence-electron chi connectivity index (χ3n) is 2.82. The van der Waals surface area contributed by atoms with Crippen molar-refractivity contribution in [2.45, 2.75) is 45.8 Å². The first kappa shape index (κ1) is 16.0. The van der Waals surface area contributed by atoms with Crippen LogP contribution in [0.3, 0.4) is 0 Å². The number of rotatable bonds is 7.